The normalized spacial score (nSPS) is 21.6. The van der Waals surface area contributed by atoms with Crippen molar-refractivity contribution >= 4 is 22.6 Å². The highest BCUT2D eigenvalue weighted by Crippen LogP contribution is 2.45. The van der Waals surface area contributed by atoms with Crippen LogP contribution in [0.4, 0.5) is 0 Å². The number of likely N-dealkylation sites (tertiary alicyclic amines) is 1. The van der Waals surface area contributed by atoms with E-state index in [-0.39, 0.29) is 5.60 Å². The van der Waals surface area contributed by atoms with Crippen LogP contribution < -0.4 is 0 Å². The summed E-state index contributed by atoms with van der Waals surface area (Å²) in [5.74, 6) is -0.136. The topological polar surface area (TPSA) is 67.1 Å². The molecule has 7 rings (SSSR count). The molecule has 2 aliphatic carbocycles. The molecule has 6 nitrogen and oxygen atoms in total. The molecule has 3 aromatic rings. The lowest BCUT2D eigenvalue weighted by atomic mass is 9.85. The molecule has 1 spiro atoms. The van der Waals surface area contributed by atoms with Crippen LogP contribution in [0.25, 0.3) is 10.9 Å². The van der Waals surface area contributed by atoms with Crippen LogP contribution in [0.1, 0.15) is 89.5 Å². The summed E-state index contributed by atoms with van der Waals surface area (Å²) < 4.78 is 2.57. The zero-order valence-electron chi connectivity index (χ0n) is 20.9. The van der Waals surface area contributed by atoms with Gasteiger partial charge in [0, 0.05) is 56.5 Å². The van der Waals surface area contributed by atoms with E-state index in [9.17, 15) is 4.79 Å². The summed E-state index contributed by atoms with van der Waals surface area (Å²) in [6.07, 6.45) is 10.4. The van der Waals surface area contributed by atoms with Crippen molar-refractivity contribution < 1.29 is 14.7 Å². The van der Waals surface area contributed by atoms with Crippen LogP contribution in [0.5, 0.6) is 0 Å². The number of piperidine rings is 1. The maximum atomic E-state index is 11.2. The SMILES string of the molecule is Cc1cc(C2CC2)cc2c(CN3CCC4(CC3)CC(c3ccc(C(=O)O)cc3)=NO4)cn(C3CC3)c12. The smallest absolute Gasteiger partial charge is 0.335 e. The molecule has 2 aromatic carbocycles. The van der Waals surface area contributed by atoms with E-state index in [4.69, 9.17) is 9.94 Å². The van der Waals surface area contributed by atoms with E-state index < -0.39 is 5.97 Å². The van der Waals surface area contributed by atoms with E-state index in [0.717, 1.165) is 56.1 Å². The predicted octanol–water partition coefficient (Wildman–Crippen LogP) is 6.02. The number of hydrogen-bond acceptors (Lipinski definition) is 4. The third-order valence-electron chi connectivity index (χ3n) is 8.68. The Labute approximate surface area is 211 Å². The second-order valence-electron chi connectivity index (χ2n) is 11.4. The summed E-state index contributed by atoms with van der Waals surface area (Å²) in [6, 6.07) is 12.6. The molecule has 0 radical (unpaired) electrons. The van der Waals surface area contributed by atoms with Gasteiger partial charge in [0.05, 0.1) is 16.8 Å². The molecule has 2 saturated carbocycles. The molecule has 0 unspecified atom stereocenters. The van der Waals surface area contributed by atoms with E-state index in [1.54, 1.807) is 12.1 Å². The summed E-state index contributed by atoms with van der Waals surface area (Å²) >= 11 is 0. The zero-order valence-corrected chi connectivity index (χ0v) is 20.9. The predicted molar refractivity (Wildman–Crippen MR) is 140 cm³/mol. The molecular weight excluding hydrogens is 450 g/mol. The number of hydrogen-bond donors (Lipinski definition) is 1. The molecule has 1 aromatic heterocycles. The van der Waals surface area contributed by atoms with Crippen LogP contribution in [0.3, 0.4) is 0 Å². The van der Waals surface area contributed by atoms with Gasteiger partial charge in [-0.05, 0) is 79.0 Å². The lowest BCUT2D eigenvalue weighted by Gasteiger charge is -2.37. The van der Waals surface area contributed by atoms with Crippen molar-refractivity contribution in [3.8, 4) is 0 Å². The highest BCUT2D eigenvalue weighted by Gasteiger charge is 2.42. The number of carboxylic acids is 1. The molecule has 36 heavy (non-hydrogen) atoms. The van der Waals surface area contributed by atoms with Crippen LogP contribution >= 0.6 is 0 Å². The standard InChI is InChI=1S/C30H33N3O3/c1-19-14-23(20-2-3-20)15-26-24(18-33(28(19)26)25-8-9-25)17-32-12-10-30(11-13-32)16-27(31-36-30)21-4-6-22(7-5-21)29(34)35/h4-7,14-15,18,20,25H,2-3,8-13,16-17H2,1H3,(H,34,35). The number of aromatic carboxylic acids is 1. The first-order chi connectivity index (χ1) is 17.5. The van der Waals surface area contributed by atoms with Crippen LogP contribution in [-0.2, 0) is 11.4 Å². The molecule has 1 saturated heterocycles. The van der Waals surface area contributed by atoms with Gasteiger partial charge in [-0.25, -0.2) is 4.79 Å². The van der Waals surface area contributed by atoms with E-state index >= 15 is 0 Å². The Hall–Kier alpha value is -3.12. The average Bonchev–Trinajstić information content (AvgIpc) is 3.82. The monoisotopic (exact) mass is 483 g/mol. The minimum absolute atomic E-state index is 0.227. The van der Waals surface area contributed by atoms with Gasteiger partial charge in [0.25, 0.3) is 0 Å². The fraction of sp³-hybridized carbons (Fsp3) is 0.467. The minimum atomic E-state index is -0.908. The molecule has 2 aliphatic heterocycles. The van der Waals surface area contributed by atoms with E-state index in [2.05, 4.69) is 39.9 Å². The van der Waals surface area contributed by atoms with Crippen molar-refractivity contribution in [2.75, 3.05) is 13.1 Å². The number of rotatable bonds is 6. The Morgan fingerprint density at radius 3 is 2.53 bits per heavy atom. The number of fused-ring (bicyclic) bond motifs is 1. The van der Waals surface area contributed by atoms with Gasteiger partial charge >= 0.3 is 5.97 Å². The first kappa shape index (κ1) is 22.1. The molecule has 0 atom stereocenters. The number of carboxylic acid groups (broad SMARTS) is 1. The van der Waals surface area contributed by atoms with Gasteiger partial charge in [-0.3, -0.25) is 4.90 Å². The average molecular weight is 484 g/mol. The molecule has 186 valence electrons. The van der Waals surface area contributed by atoms with Crippen molar-refractivity contribution in [1.82, 2.24) is 9.47 Å². The number of benzene rings is 2. The molecule has 1 N–H and O–H groups in total. The number of nitrogens with zero attached hydrogens (tertiary/aromatic N) is 3. The van der Waals surface area contributed by atoms with Gasteiger partial charge in [-0.2, -0.15) is 0 Å². The Kier molecular flexibility index (Phi) is 5.04. The summed E-state index contributed by atoms with van der Waals surface area (Å²) in [4.78, 5) is 19.8. The number of aromatic nitrogens is 1. The first-order valence-corrected chi connectivity index (χ1v) is 13.4. The molecule has 3 fully saturated rings. The highest BCUT2D eigenvalue weighted by atomic mass is 16.7. The Balaban J connectivity index is 1.06. The van der Waals surface area contributed by atoms with Crippen LogP contribution in [0, 0.1) is 6.92 Å². The third kappa shape index (κ3) is 3.92. The number of oxime groups is 1. The fourth-order valence-electron chi connectivity index (χ4n) is 6.23. The number of aryl methyl sites for hydroxylation is 1. The highest BCUT2D eigenvalue weighted by molar-refractivity contribution is 6.02. The Bertz CT molecular complexity index is 1370. The second kappa shape index (κ2) is 8.20. The molecule has 0 amide bonds. The van der Waals surface area contributed by atoms with Crippen molar-refractivity contribution in [3.63, 3.8) is 0 Å². The molecule has 6 heteroatoms. The lowest BCUT2D eigenvalue weighted by Crippen LogP contribution is -2.44. The van der Waals surface area contributed by atoms with Crippen LogP contribution in [-0.4, -0.2) is 44.9 Å². The van der Waals surface area contributed by atoms with Crippen LogP contribution in [0.2, 0.25) is 0 Å². The van der Waals surface area contributed by atoms with Gasteiger partial charge in [0.2, 0.25) is 0 Å². The van der Waals surface area contributed by atoms with Gasteiger partial charge < -0.3 is 14.5 Å². The molecule has 4 aliphatic rings. The van der Waals surface area contributed by atoms with Crippen molar-refractivity contribution in [2.45, 2.75) is 76.0 Å². The largest absolute Gasteiger partial charge is 0.478 e. The maximum absolute atomic E-state index is 11.2. The zero-order chi connectivity index (χ0) is 24.4. The second-order valence-corrected chi connectivity index (χ2v) is 11.4. The maximum Gasteiger partial charge on any atom is 0.335 e. The Morgan fingerprint density at radius 2 is 1.86 bits per heavy atom. The Morgan fingerprint density at radius 1 is 1.11 bits per heavy atom. The van der Waals surface area contributed by atoms with E-state index in [1.807, 2.05) is 12.1 Å². The lowest BCUT2D eigenvalue weighted by molar-refractivity contribution is -0.0626. The van der Waals surface area contributed by atoms with Gasteiger partial charge in [0.1, 0.15) is 5.60 Å². The quantitative estimate of drug-likeness (QED) is 0.466. The molecule has 3 heterocycles. The van der Waals surface area contributed by atoms with Gasteiger partial charge in [-0.1, -0.05) is 23.4 Å². The number of carbonyl (C=O) groups is 1. The summed E-state index contributed by atoms with van der Waals surface area (Å²) in [7, 11) is 0. The van der Waals surface area contributed by atoms with Crippen molar-refractivity contribution in [2.24, 2.45) is 5.16 Å². The molecular formula is C30H33N3O3. The van der Waals surface area contributed by atoms with Crippen LogP contribution in [0.15, 0.2) is 47.8 Å². The minimum Gasteiger partial charge on any atom is -0.478 e. The summed E-state index contributed by atoms with van der Waals surface area (Å²) in [6.45, 7) is 5.28. The summed E-state index contributed by atoms with van der Waals surface area (Å²) in [5, 5.41) is 15.0. The summed E-state index contributed by atoms with van der Waals surface area (Å²) in [5.41, 5.74) is 7.85. The van der Waals surface area contributed by atoms with Gasteiger partial charge in [-0.15, -0.1) is 0 Å². The van der Waals surface area contributed by atoms with Crippen molar-refractivity contribution in [1.29, 1.82) is 0 Å². The van der Waals surface area contributed by atoms with E-state index in [0.29, 0.717) is 11.6 Å². The van der Waals surface area contributed by atoms with E-state index in [1.165, 1.54) is 53.3 Å². The third-order valence-corrected chi connectivity index (χ3v) is 8.68. The first-order valence-electron chi connectivity index (χ1n) is 13.4. The fourth-order valence-corrected chi connectivity index (χ4v) is 6.23. The molecule has 0 bridgehead atoms. The van der Waals surface area contributed by atoms with Gasteiger partial charge in [0.15, 0.2) is 0 Å². The van der Waals surface area contributed by atoms with Crippen molar-refractivity contribution in [3.05, 3.63) is 70.4 Å².